The first-order valence-electron chi connectivity index (χ1n) is 6.15. The van der Waals surface area contributed by atoms with E-state index in [9.17, 15) is 5.11 Å². The molecule has 0 saturated carbocycles. The van der Waals surface area contributed by atoms with Crippen LogP contribution in [0.3, 0.4) is 0 Å². The molecule has 7 heteroatoms. The van der Waals surface area contributed by atoms with Crippen LogP contribution in [0.2, 0.25) is 0 Å². The Kier molecular flexibility index (Phi) is 4.87. The lowest BCUT2D eigenvalue weighted by molar-refractivity contribution is -0.0895. The molecule has 0 spiro atoms. The highest BCUT2D eigenvalue weighted by Crippen LogP contribution is 2.25. The third-order valence-corrected chi connectivity index (χ3v) is 3.83. The second-order valence-corrected chi connectivity index (χ2v) is 5.92. The van der Waals surface area contributed by atoms with Crippen LogP contribution < -0.4 is 0 Å². The molecule has 1 aliphatic carbocycles. The van der Waals surface area contributed by atoms with Gasteiger partial charge in [-0.1, -0.05) is 17.6 Å². The summed E-state index contributed by atoms with van der Waals surface area (Å²) in [6.45, 7) is 7.09. The molecule has 0 amide bonds. The van der Waals surface area contributed by atoms with E-state index in [-0.39, 0.29) is 7.48 Å². The fourth-order valence-electron chi connectivity index (χ4n) is 1.40. The van der Waals surface area contributed by atoms with Gasteiger partial charge in [-0.05, 0) is 46.0 Å². The van der Waals surface area contributed by atoms with E-state index in [0.717, 1.165) is 10.9 Å². The van der Waals surface area contributed by atoms with Gasteiger partial charge in [0.05, 0.1) is 22.6 Å². The number of hydrogen-bond donors (Lipinski definition) is 3. The molecule has 0 bridgehead atoms. The lowest BCUT2D eigenvalue weighted by Gasteiger charge is -2.38. The van der Waals surface area contributed by atoms with E-state index in [1.54, 1.807) is 13.8 Å². The van der Waals surface area contributed by atoms with Gasteiger partial charge >= 0.3 is 7.48 Å². The quantitative estimate of drug-likeness (QED) is 0.401. The minimum atomic E-state index is -0.959. The molecule has 0 unspecified atom stereocenters. The molecule has 0 radical (unpaired) electrons. The first kappa shape index (κ1) is 16.3. The summed E-state index contributed by atoms with van der Waals surface area (Å²) in [5, 5.41) is 18.0. The predicted octanol–water partition coefficient (Wildman–Crippen LogP) is 0.624. The fourth-order valence-corrected chi connectivity index (χ4v) is 1.63. The molecule has 0 aromatic heterocycles. The Balaban J connectivity index is 2.87. The molecule has 0 aromatic rings. The zero-order valence-corrected chi connectivity index (χ0v) is 13.0. The smallest absolute Gasteiger partial charge is 0.311 e. The zero-order valence-electron chi connectivity index (χ0n) is 12.1. The molecule has 4 nitrogen and oxygen atoms in total. The van der Waals surface area contributed by atoms with E-state index in [2.05, 4.69) is 17.2 Å². The molecule has 0 aliphatic heterocycles. The van der Waals surface area contributed by atoms with Crippen molar-refractivity contribution in [3.05, 3.63) is 23.1 Å². The normalized spacial score (nSPS) is 19.3. The molecule has 0 atom stereocenters. The zero-order chi connectivity index (χ0) is 14.8. The predicted molar refractivity (Wildman–Crippen MR) is 87.5 cm³/mol. The molecule has 2 N–H and O–H groups in total. The Morgan fingerprint density at radius 3 is 2.42 bits per heavy atom. The van der Waals surface area contributed by atoms with Crippen LogP contribution in [0.15, 0.2) is 27.5 Å². The largest absolute Gasteiger partial charge is 0.427 e. The molecule has 102 valence electrons. The standard InChI is InChI=1S/C12H20B2N2O2S/c1-11(2,17)12(3,4)18-14-8-6-5-7(13)9(15)10(8)16-19/h5-6,14-15,17,19H,13H2,1-4H3/b15-9?,16-10-. The summed E-state index contributed by atoms with van der Waals surface area (Å²) in [5.41, 5.74) is 0.863. The van der Waals surface area contributed by atoms with Crippen LogP contribution in [0, 0.1) is 5.41 Å². The molecular formula is C12H20B2N2O2S. The second-order valence-electron chi connectivity index (χ2n) is 5.72. The van der Waals surface area contributed by atoms with E-state index in [1.165, 1.54) is 0 Å². The van der Waals surface area contributed by atoms with Gasteiger partial charge in [-0.3, -0.25) is 5.41 Å². The number of allylic oxidation sites excluding steroid dienone is 4. The number of hydrogen-bond acceptors (Lipinski definition) is 5. The highest BCUT2D eigenvalue weighted by atomic mass is 32.1. The van der Waals surface area contributed by atoms with Gasteiger partial charge in [0.1, 0.15) is 7.85 Å². The summed E-state index contributed by atoms with van der Waals surface area (Å²) in [7, 11) is 2.14. The van der Waals surface area contributed by atoms with Crippen molar-refractivity contribution in [1.29, 1.82) is 5.41 Å². The van der Waals surface area contributed by atoms with E-state index >= 15 is 0 Å². The van der Waals surface area contributed by atoms with Crippen molar-refractivity contribution in [1.82, 2.24) is 0 Å². The van der Waals surface area contributed by atoms with Crippen molar-refractivity contribution in [3.8, 4) is 0 Å². The van der Waals surface area contributed by atoms with E-state index in [4.69, 9.17) is 10.1 Å². The summed E-state index contributed by atoms with van der Waals surface area (Å²) in [6.07, 6.45) is 3.74. The van der Waals surface area contributed by atoms with Crippen LogP contribution in [0.4, 0.5) is 0 Å². The van der Waals surface area contributed by atoms with Crippen LogP contribution in [0.25, 0.3) is 0 Å². The third kappa shape index (κ3) is 3.61. The molecule has 0 fully saturated rings. The van der Waals surface area contributed by atoms with Crippen molar-refractivity contribution >= 4 is 39.6 Å². The summed E-state index contributed by atoms with van der Waals surface area (Å²) in [5.74, 6) is 0. The van der Waals surface area contributed by atoms with Crippen molar-refractivity contribution in [2.45, 2.75) is 38.9 Å². The van der Waals surface area contributed by atoms with Gasteiger partial charge in [0.2, 0.25) is 0 Å². The van der Waals surface area contributed by atoms with E-state index in [0.29, 0.717) is 11.4 Å². The van der Waals surface area contributed by atoms with E-state index < -0.39 is 11.2 Å². The van der Waals surface area contributed by atoms with Crippen LogP contribution in [-0.4, -0.2) is 43.1 Å². The van der Waals surface area contributed by atoms with Crippen LogP contribution in [-0.2, 0) is 4.65 Å². The number of thiol groups is 1. The van der Waals surface area contributed by atoms with Crippen LogP contribution >= 0.6 is 12.8 Å². The lowest BCUT2D eigenvalue weighted by atomic mass is 9.72. The van der Waals surface area contributed by atoms with Gasteiger partial charge in [0, 0.05) is 0 Å². The van der Waals surface area contributed by atoms with Crippen LogP contribution in [0.5, 0.6) is 0 Å². The molecule has 1 rings (SSSR count). The van der Waals surface area contributed by atoms with Gasteiger partial charge in [-0.25, -0.2) is 4.40 Å². The molecule has 1 aliphatic rings. The number of nitrogens with one attached hydrogen (secondary N) is 1. The molecule has 0 aromatic carbocycles. The van der Waals surface area contributed by atoms with Crippen molar-refractivity contribution < 1.29 is 9.76 Å². The van der Waals surface area contributed by atoms with Crippen LogP contribution in [0.1, 0.15) is 27.7 Å². The maximum atomic E-state index is 10.0. The Morgan fingerprint density at radius 1 is 1.37 bits per heavy atom. The van der Waals surface area contributed by atoms with Crippen molar-refractivity contribution in [2.24, 2.45) is 4.40 Å². The topological polar surface area (TPSA) is 65.7 Å². The number of rotatable bonds is 4. The molecule has 19 heavy (non-hydrogen) atoms. The van der Waals surface area contributed by atoms with Gasteiger partial charge in [0.15, 0.2) is 0 Å². The monoisotopic (exact) mass is 278 g/mol. The average Bonchev–Trinajstić information content (AvgIpc) is 2.29. The fraction of sp³-hybridized carbons (Fsp3) is 0.500. The highest BCUT2D eigenvalue weighted by Gasteiger charge is 2.36. The minimum Gasteiger partial charge on any atom is -0.427 e. The Labute approximate surface area is 121 Å². The first-order chi connectivity index (χ1) is 8.60. The summed E-state index contributed by atoms with van der Waals surface area (Å²) < 4.78 is 9.65. The van der Waals surface area contributed by atoms with Crippen molar-refractivity contribution in [2.75, 3.05) is 0 Å². The number of aliphatic hydroxyl groups is 1. The van der Waals surface area contributed by atoms with E-state index in [1.807, 2.05) is 33.8 Å². The Morgan fingerprint density at radius 2 is 1.95 bits per heavy atom. The SMILES string of the molecule is BC1=CC=C(BOC(C)(C)C(C)(C)O)/C(=N/S)C1=N. The highest BCUT2D eigenvalue weighted by molar-refractivity contribution is 7.79. The molecular weight excluding hydrogens is 258 g/mol. The van der Waals surface area contributed by atoms with Gasteiger partial charge in [-0.15, -0.1) is 0 Å². The maximum Gasteiger partial charge on any atom is 0.311 e. The summed E-state index contributed by atoms with van der Waals surface area (Å²) in [4.78, 5) is 0. The lowest BCUT2D eigenvalue weighted by Crippen LogP contribution is -2.48. The Hall–Kier alpha value is -0.780. The summed E-state index contributed by atoms with van der Waals surface area (Å²) in [6, 6.07) is 0. The Bertz CT molecular complexity index is 477. The van der Waals surface area contributed by atoms with Crippen molar-refractivity contribution in [3.63, 3.8) is 0 Å². The number of nitrogens with zero attached hydrogens (tertiary/aromatic N) is 1. The first-order valence-corrected chi connectivity index (χ1v) is 6.55. The third-order valence-electron chi connectivity index (χ3n) is 3.63. The summed E-state index contributed by atoms with van der Waals surface area (Å²) >= 11 is 3.92. The molecule has 0 saturated heterocycles. The average molecular weight is 278 g/mol. The van der Waals surface area contributed by atoms with Gasteiger partial charge in [-0.2, -0.15) is 0 Å². The van der Waals surface area contributed by atoms with Gasteiger partial charge in [0.25, 0.3) is 0 Å². The minimum absolute atomic E-state index is 0.280. The maximum absolute atomic E-state index is 10.0. The second kappa shape index (κ2) is 5.69. The molecule has 0 heterocycles. The van der Waals surface area contributed by atoms with Gasteiger partial charge < -0.3 is 9.76 Å².